The van der Waals surface area contributed by atoms with Crippen LogP contribution in [0.5, 0.6) is 0 Å². The number of amides is 3. The van der Waals surface area contributed by atoms with Crippen LogP contribution in [0.2, 0.25) is 0 Å². The summed E-state index contributed by atoms with van der Waals surface area (Å²) in [5, 5.41) is 17.0. The summed E-state index contributed by atoms with van der Waals surface area (Å²) in [6.45, 7) is -0.412. The van der Waals surface area contributed by atoms with Crippen LogP contribution >= 0.6 is 0 Å². The van der Waals surface area contributed by atoms with E-state index in [-0.39, 0.29) is 12.8 Å². The van der Waals surface area contributed by atoms with Crippen molar-refractivity contribution in [2.24, 2.45) is 5.73 Å². The number of nitrogens with two attached hydrogens (primary N) is 1. The number of aliphatic carboxylic acids is 1. The molecule has 0 saturated carbocycles. The number of imidazole rings is 2. The quantitative estimate of drug-likeness (QED) is 0.150. The lowest BCUT2D eigenvalue weighted by molar-refractivity contribution is -0.142. The van der Waals surface area contributed by atoms with Crippen molar-refractivity contribution in [2.75, 3.05) is 6.54 Å². The Morgan fingerprint density at radius 2 is 1.47 bits per heavy atom. The molecule has 36 heavy (non-hydrogen) atoms. The van der Waals surface area contributed by atoms with E-state index < -0.39 is 48.4 Å². The summed E-state index contributed by atoms with van der Waals surface area (Å²) in [5.41, 5.74) is 7.88. The average Bonchev–Trinajstić information content (AvgIpc) is 3.56. The van der Waals surface area contributed by atoms with Crippen molar-refractivity contribution in [2.45, 2.75) is 37.4 Å². The van der Waals surface area contributed by atoms with Gasteiger partial charge in [0, 0.05) is 36.6 Å². The fourth-order valence-corrected chi connectivity index (χ4v) is 3.42. The lowest BCUT2D eigenvalue weighted by Crippen LogP contribution is -2.55. The lowest BCUT2D eigenvalue weighted by atomic mass is 10.1. The molecule has 0 saturated heterocycles. The maximum atomic E-state index is 12.9. The second-order valence-corrected chi connectivity index (χ2v) is 8.10. The van der Waals surface area contributed by atoms with Gasteiger partial charge in [0.05, 0.1) is 25.2 Å². The van der Waals surface area contributed by atoms with E-state index in [1.165, 1.54) is 25.0 Å². The van der Waals surface area contributed by atoms with Crippen molar-refractivity contribution >= 4 is 23.7 Å². The molecule has 3 amide bonds. The summed E-state index contributed by atoms with van der Waals surface area (Å²) in [6, 6.07) is 5.97. The second kappa shape index (κ2) is 12.8. The van der Waals surface area contributed by atoms with Gasteiger partial charge in [-0.15, -0.1) is 0 Å². The summed E-state index contributed by atoms with van der Waals surface area (Å²) in [4.78, 5) is 62.8. The Hall–Kier alpha value is -4.52. The number of hydrogen-bond acceptors (Lipinski definition) is 7. The second-order valence-electron chi connectivity index (χ2n) is 8.10. The van der Waals surface area contributed by atoms with Crippen LogP contribution < -0.4 is 21.7 Å². The van der Waals surface area contributed by atoms with Crippen LogP contribution in [0.1, 0.15) is 17.0 Å². The molecule has 3 rings (SSSR count). The monoisotopic (exact) mass is 496 g/mol. The number of aromatic amines is 2. The molecule has 0 aliphatic heterocycles. The van der Waals surface area contributed by atoms with Gasteiger partial charge in [0.25, 0.3) is 0 Å². The van der Waals surface area contributed by atoms with Crippen LogP contribution in [0, 0.1) is 0 Å². The van der Waals surface area contributed by atoms with Crippen LogP contribution in [0.4, 0.5) is 0 Å². The number of benzene rings is 1. The highest BCUT2D eigenvalue weighted by Crippen LogP contribution is 2.04. The number of carboxylic acid groups (broad SMARTS) is 1. The van der Waals surface area contributed by atoms with E-state index >= 15 is 0 Å². The Kier molecular flexibility index (Phi) is 9.28. The van der Waals surface area contributed by atoms with Gasteiger partial charge in [0.1, 0.15) is 12.1 Å². The van der Waals surface area contributed by atoms with Gasteiger partial charge < -0.3 is 36.8 Å². The fraction of sp³-hybridized carbons (Fsp3) is 0.304. The largest absolute Gasteiger partial charge is 0.480 e. The Morgan fingerprint density at radius 1 is 0.861 bits per heavy atom. The summed E-state index contributed by atoms with van der Waals surface area (Å²) in [6.07, 6.45) is 6.05. The Bertz CT molecular complexity index is 1130. The maximum Gasteiger partial charge on any atom is 0.326 e. The summed E-state index contributed by atoms with van der Waals surface area (Å²) in [5.74, 6) is -3.12. The number of carbonyl (C=O) groups is 4. The zero-order valence-electron chi connectivity index (χ0n) is 19.3. The Morgan fingerprint density at radius 3 is 2.03 bits per heavy atom. The van der Waals surface area contributed by atoms with E-state index in [1.807, 2.05) is 30.3 Å². The van der Waals surface area contributed by atoms with Crippen molar-refractivity contribution in [1.29, 1.82) is 0 Å². The van der Waals surface area contributed by atoms with Crippen molar-refractivity contribution in [3.8, 4) is 0 Å². The normalized spacial score (nSPS) is 13.2. The van der Waals surface area contributed by atoms with Gasteiger partial charge in [-0.3, -0.25) is 14.4 Å². The molecule has 8 N–H and O–H groups in total. The molecule has 2 heterocycles. The number of nitrogens with zero attached hydrogens (tertiary/aromatic N) is 2. The van der Waals surface area contributed by atoms with Crippen LogP contribution in [0.3, 0.4) is 0 Å². The maximum absolute atomic E-state index is 12.9. The summed E-state index contributed by atoms with van der Waals surface area (Å²) in [7, 11) is 0. The van der Waals surface area contributed by atoms with Crippen molar-refractivity contribution in [3.05, 3.63) is 72.3 Å². The van der Waals surface area contributed by atoms with Gasteiger partial charge in [-0.2, -0.15) is 0 Å². The zero-order valence-corrected chi connectivity index (χ0v) is 19.3. The highest BCUT2D eigenvalue weighted by molar-refractivity contribution is 5.92. The van der Waals surface area contributed by atoms with Crippen LogP contribution in [0.15, 0.2) is 55.4 Å². The van der Waals surface area contributed by atoms with E-state index in [0.29, 0.717) is 17.8 Å². The molecule has 3 unspecified atom stereocenters. The molecule has 0 aliphatic rings. The molecule has 0 spiro atoms. The minimum Gasteiger partial charge on any atom is -0.480 e. The van der Waals surface area contributed by atoms with Crippen molar-refractivity contribution < 1.29 is 24.3 Å². The number of H-pyrrole nitrogens is 2. The number of hydrogen-bond donors (Lipinski definition) is 7. The predicted molar refractivity (Wildman–Crippen MR) is 127 cm³/mol. The smallest absolute Gasteiger partial charge is 0.326 e. The van der Waals surface area contributed by atoms with E-state index in [1.54, 1.807) is 0 Å². The molecule has 13 nitrogen and oxygen atoms in total. The molecule has 2 aromatic heterocycles. The first-order chi connectivity index (χ1) is 17.3. The molecular weight excluding hydrogens is 468 g/mol. The third kappa shape index (κ3) is 8.06. The molecule has 0 bridgehead atoms. The number of carboxylic acids is 1. The molecular formula is C23H28N8O5. The summed E-state index contributed by atoms with van der Waals surface area (Å²) < 4.78 is 0. The lowest BCUT2D eigenvalue weighted by Gasteiger charge is -2.21. The SMILES string of the molecule is NC(Cc1ccccc1)C(=O)NCC(=O)NC(Cc1cnc[nH]1)C(=O)NC(Cc1cnc[nH]1)C(=O)O. The third-order valence-electron chi connectivity index (χ3n) is 5.28. The number of rotatable bonds is 13. The third-order valence-corrected chi connectivity index (χ3v) is 5.28. The minimum absolute atomic E-state index is 0.0233. The van der Waals surface area contributed by atoms with Crippen molar-refractivity contribution in [3.63, 3.8) is 0 Å². The van der Waals surface area contributed by atoms with E-state index in [9.17, 15) is 24.3 Å². The highest BCUT2D eigenvalue weighted by atomic mass is 16.4. The van der Waals surface area contributed by atoms with Crippen LogP contribution in [-0.2, 0) is 38.4 Å². The van der Waals surface area contributed by atoms with E-state index in [0.717, 1.165) is 5.56 Å². The number of carbonyl (C=O) groups excluding carboxylic acids is 3. The van der Waals surface area contributed by atoms with Crippen LogP contribution in [-0.4, -0.2) is 73.4 Å². The highest BCUT2D eigenvalue weighted by Gasteiger charge is 2.28. The topological polar surface area (TPSA) is 208 Å². The molecule has 0 aliphatic carbocycles. The van der Waals surface area contributed by atoms with Gasteiger partial charge >= 0.3 is 5.97 Å². The molecule has 190 valence electrons. The molecule has 13 heteroatoms. The molecule has 3 aromatic rings. The molecule has 1 aromatic carbocycles. The zero-order chi connectivity index (χ0) is 25.9. The first-order valence-electron chi connectivity index (χ1n) is 11.2. The number of aromatic nitrogens is 4. The van der Waals surface area contributed by atoms with Gasteiger partial charge in [-0.05, 0) is 12.0 Å². The standard InChI is InChI=1S/C23H28N8O5/c24-17(6-14-4-2-1-3-5-14)21(33)27-11-20(32)30-18(7-15-9-25-12-28-15)22(34)31-19(23(35)36)8-16-10-26-13-29-16/h1-5,9-10,12-13,17-19H,6-8,11,24H2,(H,25,28)(H,26,29)(H,27,33)(H,30,32)(H,31,34)(H,35,36). The minimum atomic E-state index is -1.25. The summed E-state index contributed by atoms with van der Waals surface area (Å²) >= 11 is 0. The first-order valence-corrected chi connectivity index (χ1v) is 11.2. The Labute approximate surface area is 206 Å². The molecule has 0 fully saturated rings. The van der Waals surface area contributed by atoms with E-state index in [2.05, 4.69) is 35.9 Å². The van der Waals surface area contributed by atoms with Gasteiger partial charge in [0.2, 0.25) is 17.7 Å². The fourth-order valence-electron chi connectivity index (χ4n) is 3.42. The van der Waals surface area contributed by atoms with Gasteiger partial charge in [-0.25, -0.2) is 14.8 Å². The predicted octanol–water partition coefficient (Wildman–Crippen LogP) is -1.34. The van der Waals surface area contributed by atoms with Crippen molar-refractivity contribution in [1.82, 2.24) is 35.9 Å². The Balaban J connectivity index is 1.58. The molecule has 3 atom stereocenters. The molecule has 0 radical (unpaired) electrons. The van der Waals surface area contributed by atoms with Crippen LogP contribution in [0.25, 0.3) is 0 Å². The van der Waals surface area contributed by atoms with Gasteiger partial charge in [-0.1, -0.05) is 30.3 Å². The number of nitrogens with one attached hydrogen (secondary N) is 5. The van der Waals surface area contributed by atoms with Gasteiger partial charge in [0.15, 0.2) is 0 Å². The first kappa shape index (κ1) is 26.1. The van der Waals surface area contributed by atoms with E-state index in [4.69, 9.17) is 5.73 Å². The average molecular weight is 497 g/mol.